The predicted molar refractivity (Wildman–Crippen MR) is 139 cm³/mol. The van der Waals surface area contributed by atoms with E-state index >= 15 is 0 Å². The van der Waals surface area contributed by atoms with Crippen molar-refractivity contribution in [1.82, 2.24) is 24.7 Å². The number of aromatic nitrogens is 5. The zero-order chi connectivity index (χ0) is 25.1. The van der Waals surface area contributed by atoms with E-state index in [2.05, 4.69) is 41.2 Å². The van der Waals surface area contributed by atoms with E-state index in [9.17, 15) is 9.59 Å². The number of nitrogens with zero attached hydrogens (tertiary/aromatic N) is 5. The summed E-state index contributed by atoms with van der Waals surface area (Å²) < 4.78 is 7.70. The Kier molecular flexibility index (Phi) is 5.00. The van der Waals surface area contributed by atoms with E-state index in [1.807, 2.05) is 25.4 Å². The van der Waals surface area contributed by atoms with Crippen molar-refractivity contribution in [3.05, 3.63) is 52.7 Å². The molecule has 1 aliphatic carbocycles. The van der Waals surface area contributed by atoms with Gasteiger partial charge in [-0.1, -0.05) is 12.1 Å². The number of fused-ring (bicyclic) bond motifs is 4. The minimum atomic E-state index is -0.305. The molecule has 0 bridgehead atoms. The first-order valence-corrected chi connectivity index (χ1v) is 12.5. The molecule has 1 saturated heterocycles. The quantitative estimate of drug-likeness (QED) is 0.383. The molecule has 1 saturated carbocycles. The molecule has 1 amide bonds. The SMILES string of the molecule is CN1Cc2c(cnn2C2CCOC2)-c2cccc(Nc3nc(NC(=O)C4CC4)nc4cc[nH]c(=O)c34)c21. The van der Waals surface area contributed by atoms with E-state index in [0.717, 1.165) is 54.1 Å². The Labute approximate surface area is 211 Å². The van der Waals surface area contributed by atoms with Crippen LogP contribution in [0.4, 0.5) is 23.1 Å². The van der Waals surface area contributed by atoms with Gasteiger partial charge in [0.05, 0.1) is 48.0 Å². The molecule has 3 aliphatic rings. The van der Waals surface area contributed by atoms with Crippen molar-refractivity contribution in [2.24, 2.45) is 5.92 Å². The largest absolute Gasteiger partial charge is 0.379 e. The van der Waals surface area contributed by atoms with Gasteiger partial charge >= 0.3 is 0 Å². The highest BCUT2D eigenvalue weighted by Crippen LogP contribution is 2.44. The zero-order valence-corrected chi connectivity index (χ0v) is 20.3. The molecule has 7 rings (SSSR count). The fourth-order valence-electron chi connectivity index (χ4n) is 5.30. The number of carbonyl (C=O) groups is 1. The standard InChI is InChI=1S/C26H26N8O3/c1-33-12-20-17(11-28-34(20)15-8-10-37-13-15)16-3-2-4-19(22(16)33)29-23-21-18(7-9-27-25(21)36)30-26(31-23)32-24(35)14-5-6-14/h2-4,7,9,11,14-15H,5-6,8,10,12-13H2,1H3,(H,27,36)(H2,29,30,31,32,35). The monoisotopic (exact) mass is 498 g/mol. The number of H-pyrrole nitrogens is 1. The van der Waals surface area contributed by atoms with Gasteiger partial charge in [-0.2, -0.15) is 10.1 Å². The minimum Gasteiger partial charge on any atom is -0.379 e. The topological polar surface area (TPSA) is 130 Å². The molecule has 1 unspecified atom stereocenters. The summed E-state index contributed by atoms with van der Waals surface area (Å²) >= 11 is 0. The minimum absolute atomic E-state index is 0.00980. The van der Waals surface area contributed by atoms with E-state index in [0.29, 0.717) is 29.9 Å². The first-order valence-electron chi connectivity index (χ1n) is 12.5. The summed E-state index contributed by atoms with van der Waals surface area (Å²) in [5.74, 6) is 0.432. The molecule has 11 heteroatoms. The Bertz CT molecular complexity index is 1600. The number of para-hydroxylation sites is 1. The third-order valence-electron chi connectivity index (χ3n) is 7.30. The highest BCUT2D eigenvalue weighted by Gasteiger charge is 2.31. The van der Waals surface area contributed by atoms with Crippen molar-refractivity contribution < 1.29 is 9.53 Å². The van der Waals surface area contributed by atoms with Crippen molar-refractivity contribution in [1.29, 1.82) is 0 Å². The predicted octanol–water partition coefficient (Wildman–Crippen LogP) is 3.18. The Morgan fingerprint density at radius 1 is 1.16 bits per heavy atom. The second-order valence-electron chi connectivity index (χ2n) is 9.88. The van der Waals surface area contributed by atoms with Crippen LogP contribution < -0.4 is 21.1 Å². The van der Waals surface area contributed by atoms with Crippen molar-refractivity contribution in [3.63, 3.8) is 0 Å². The molecular weight excluding hydrogens is 472 g/mol. The number of carbonyl (C=O) groups excluding carboxylic acids is 1. The molecule has 0 radical (unpaired) electrons. The smallest absolute Gasteiger partial charge is 0.261 e. The van der Waals surface area contributed by atoms with Crippen LogP contribution in [0.25, 0.3) is 22.0 Å². The summed E-state index contributed by atoms with van der Waals surface area (Å²) in [4.78, 5) is 39.1. The van der Waals surface area contributed by atoms with Gasteiger partial charge in [-0.05, 0) is 31.4 Å². The van der Waals surface area contributed by atoms with Gasteiger partial charge in [0.1, 0.15) is 11.2 Å². The van der Waals surface area contributed by atoms with Crippen molar-refractivity contribution in [2.45, 2.75) is 31.8 Å². The molecule has 188 valence electrons. The van der Waals surface area contributed by atoms with E-state index in [1.165, 1.54) is 0 Å². The zero-order valence-electron chi connectivity index (χ0n) is 20.3. The van der Waals surface area contributed by atoms with Crippen LogP contribution in [0.5, 0.6) is 0 Å². The summed E-state index contributed by atoms with van der Waals surface area (Å²) in [5, 5.41) is 11.2. The number of benzene rings is 1. The number of anilines is 4. The molecule has 37 heavy (non-hydrogen) atoms. The van der Waals surface area contributed by atoms with E-state index < -0.39 is 0 Å². The van der Waals surface area contributed by atoms with Gasteiger partial charge < -0.3 is 19.9 Å². The number of ether oxygens (including phenoxy) is 1. The van der Waals surface area contributed by atoms with Gasteiger partial charge in [0.25, 0.3) is 5.56 Å². The maximum absolute atomic E-state index is 12.8. The number of nitrogens with one attached hydrogen (secondary N) is 3. The molecule has 3 aromatic heterocycles. The van der Waals surface area contributed by atoms with Crippen molar-refractivity contribution in [3.8, 4) is 11.1 Å². The van der Waals surface area contributed by atoms with Gasteiger partial charge in [0, 0.05) is 36.9 Å². The lowest BCUT2D eigenvalue weighted by molar-refractivity contribution is -0.117. The van der Waals surface area contributed by atoms with E-state index in [4.69, 9.17) is 9.84 Å². The summed E-state index contributed by atoms with van der Waals surface area (Å²) in [6.07, 6.45) is 6.18. The third-order valence-corrected chi connectivity index (χ3v) is 7.30. The molecule has 1 atom stereocenters. The molecule has 5 heterocycles. The molecule has 1 aromatic carbocycles. The van der Waals surface area contributed by atoms with Crippen LogP contribution in [-0.4, -0.2) is 50.9 Å². The number of aromatic amines is 1. The van der Waals surface area contributed by atoms with Gasteiger partial charge in [-0.25, -0.2) is 4.98 Å². The lowest BCUT2D eigenvalue weighted by atomic mass is 9.97. The Hall–Kier alpha value is -4.25. The Balaban J connectivity index is 1.31. The van der Waals surface area contributed by atoms with Crippen LogP contribution in [0.3, 0.4) is 0 Å². The van der Waals surface area contributed by atoms with Crippen LogP contribution in [0.1, 0.15) is 31.0 Å². The Morgan fingerprint density at radius 3 is 2.86 bits per heavy atom. The lowest BCUT2D eigenvalue weighted by Crippen LogP contribution is -2.26. The molecule has 2 aliphatic heterocycles. The first kappa shape index (κ1) is 22.0. The lowest BCUT2D eigenvalue weighted by Gasteiger charge is -2.31. The van der Waals surface area contributed by atoms with Gasteiger partial charge in [0.15, 0.2) is 0 Å². The van der Waals surface area contributed by atoms with Crippen LogP contribution in [-0.2, 0) is 16.1 Å². The fourth-order valence-corrected chi connectivity index (χ4v) is 5.30. The first-order chi connectivity index (χ1) is 18.1. The molecule has 0 spiro atoms. The van der Waals surface area contributed by atoms with Gasteiger partial charge in [-0.15, -0.1) is 0 Å². The summed E-state index contributed by atoms with van der Waals surface area (Å²) in [6.45, 7) is 2.13. The highest BCUT2D eigenvalue weighted by atomic mass is 16.5. The maximum Gasteiger partial charge on any atom is 0.261 e. The van der Waals surface area contributed by atoms with Crippen LogP contribution in [0.2, 0.25) is 0 Å². The van der Waals surface area contributed by atoms with Gasteiger partial charge in [-0.3, -0.25) is 19.6 Å². The summed E-state index contributed by atoms with van der Waals surface area (Å²) in [7, 11) is 2.04. The molecule has 3 N–H and O–H groups in total. The van der Waals surface area contributed by atoms with Crippen LogP contribution >= 0.6 is 0 Å². The number of hydrogen-bond acceptors (Lipinski definition) is 8. The summed E-state index contributed by atoms with van der Waals surface area (Å²) in [5.41, 5.74) is 5.23. The van der Waals surface area contributed by atoms with Crippen LogP contribution in [0, 0.1) is 5.92 Å². The molecule has 2 fully saturated rings. The van der Waals surface area contributed by atoms with Gasteiger partial charge in [0.2, 0.25) is 11.9 Å². The number of amides is 1. The normalized spacial score (nSPS) is 18.5. The molecule has 4 aromatic rings. The molecular formula is C26H26N8O3. The average Bonchev–Trinajstić information content (AvgIpc) is 3.43. The van der Waals surface area contributed by atoms with Crippen LogP contribution in [0.15, 0.2) is 41.5 Å². The number of pyridine rings is 1. The number of rotatable bonds is 5. The third kappa shape index (κ3) is 3.73. The van der Waals surface area contributed by atoms with Crippen molar-refractivity contribution >= 4 is 40.0 Å². The number of hydrogen-bond donors (Lipinski definition) is 3. The Morgan fingerprint density at radius 2 is 2.05 bits per heavy atom. The second kappa shape index (κ2) is 8.41. The second-order valence-corrected chi connectivity index (χ2v) is 9.88. The fraction of sp³-hybridized carbons (Fsp3) is 0.346. The maximum atomic E-state index is 12.8. The summed E-state index contributed by atoms with van der Waals surface area (Å²) in [6, 6.07) is 7.98. The van der Waals surface area contributed by atoms with E-state index in [-0.39, 0.29) is 29.4 Å². The highest BCUT2D eigenvalue weighted by molar-refractivity contribution is 5.98. The average molecular weight is 499 g/mol. The van der Waals surface area contributed by atoms with E-state index in [1.54, 1.807) is 12.3 Å². The van der Waals surface area contributed by atoms with Crippen molar-refractivity contribution in [2.75, 3.05) is 35.8 Å². The molecule has 11 nitrogen and oxygen atoms in total.